The van der Waals surface area contributed by atoms with E-state index in [1.807, 2.05) is 26.0 Å². The van der Waals surface area contributed by atoms with Crippen molar-refractivity contribution in [1.82, 2.24) is 10.2 Å². The Morgan fingerprint density at radius 1 is 1.17 bits per heavy atom. The van der Waals surface area contributed by atoms with Gasteiger partial charge in [-0.15, -0.1) is 0 Å². The van der Waals surface area contributed by atoms with Gasteiger partial charge < -0.3 is 0 Å². The van der Waals surface area contributed by atoms with Gasteiger partial charge >= 0.3 is 0 Å². The summed E-state index contributed by atoms with van der Waals surface area (Å²) in [5.41, 5.74) is 5.22. The van der Waals surface area contributed by atoms with Crippen LogP contribution < -0.4 is 0 Å². The van der Waals surface area contributed by atoms with E-state index in [0.29, 0.717) is 5.69 Å². The molecular weight excluding hydrogens is 222 g/mol. The Hall–Kier alpha value is -2.21. The summed E-state index contributed by atoms with van der Waals surface area (Å²) in [6.07, 6.45) is 1.62. The van der Waals surface area contributed by atoms with Crippen LogP contribution in [0.5, 0.6) is 0 Å². The van der Waals surface area contributed by atoms with Gasteiger partial charge in [0.15, 0.2) is 0 Å². The van der Waals surface area contributed by atoms with Crippen molar-refractivity contribution in [1.29, 1.82) is 5.26 Å². The van der Waals surface area contributed by atoms with Crippen LogP contribution in [-0.2, 0) is 0 Å². The van der Waals surface area contributed by atoms with Crippen LogP contribution in [0, 0.1) is 32.1 Å². The second-order valence-electron chi connectivity index (χ2n) is 4.52. The van der Waals surface area contributed by atoms with Gasteiger partial charge in [-0.05, 0) is 49.6 Å². The highest BCUT2D eigenvalue weighted by Crippen LogP contribution is 2.28. The van der Waals surface area contributed by atoms with Crippen LogP contribution in [-0.4, -0.2) is 10.2 Å². The standard InChI is InChI=1S/C15H15N3/c1-10-7-11(2)15(12(3)8-10)13(9-16)14-5-4-6-17-18-14/h4-8,13H,1-3H3. The molecule has 1 heterocycles. The Morgan fingerprint density at radius 2 is 1.83 bits per heavy atom. The minimum Gasteiger partial charge on any atom is -0.197 e. The first-order valence-electron chi connectivity index (χ1n) is 5.88. The van der Waals surface area contributed by atoms with E-state index >= 15 is 0 Å². The van der Waals surface area contributed by atoms with Crippen molar-refractivity contribution in [2.45, 2.75) is 26.7 Å². The van der Waals surface area contributed by atoms with Gasteiger partial charge in [0.25, 0.3) is 0 Å². The van der Waals surface area contributed by atoms with Crippen LogP contribution in [0.15, 0.2) is 30.5 Å². The highest BCUT2D eigenvalue weighted by Gasteiger charge is 2.19. The van der Waals surface area contributed by atoms with Crippen LogP contribution in [0.3, 0.4) is 0 Å². The minimum absolute atomic E-state index is 0.348. The van der Waals surface area contributed by atoms with Crippen molar-refractivity contribution in [2.75, 3.05) is 0 Å². The molecule has 0 bridgehead atoms. The van der Waals surface area contributed by atoms with Crippen LogP contribution in [0.25, 0.3) is 0 Å². The lowest BCUT2D eigenvalue weighted by Crippen LogP contribution is -2.06. The number of nitrogens with zero attached hydrogens (tertiary/aromatic N) is 3. The van der Waals surface area contributed by atoms with Crippen LogP contribution in [0.2, 0.25) is 0 Å². The first-order chi connectivity index (χ1) is 8.63. The van der Waals surface area contributed by atoms with E-state index in [-0.39, 0.29) is 5.92 Å². The zero-order chi connectivity index (χ0) is 13.1. The Kier molecular flexibility index (Phi) is 3.38. The molecule has 2 rings (SSSR count). The largest absolute Gasteiger partial charge is 0.197 e. The number of aryl methyl sites for hydroxylation is 3. The number of hydrogen-bond donors (Lipinski definition) is 0. The zero-order valence-corrected chi connectivity index (χ0v) is 10.8. The molecular formula is C15H15N3. The number of nitriles is 1. The van der Waals surface area contributed by atoms with E-state index in [4.69, 9.17) is 0 Å². The maximum absolute atomic E-state index is 9.43. The molecule has 90 valence electrons. The third-order valence-corrected chi connectivity index (χ3v) is 3.04. The second kappa shape index (κ2) is 4.97. The summed E-state index contributed by atoms with van der Waals surface area (Å²) in [6.45, 7) is 6.14. The first kappa shape index (κ1) is 12.3. The smallest absolute Gasteiger partial charge is 0.116 e. The molecule has 3 nitrogen and oxygen atoms in total. The minimum atomic E-state index is -0.348. The van der Waals surface area contributed by atoms with E-state index in [1.54, 1.807) is 6.20 Å². The average Bonchev–Trinajstić information content (AvgIpc) is 2.34. The van der Waals surface area contributed by atoms with Gasteiger partial charge in [-0.25, -0.2) is 0 Å². The van der Waals surface area contributed by atoms with Crippen LogP contribution in [0.1, 0.15) is 33.9 Å². The van der Waals surface area contributed by atoms with E-state index in [1.165, 1.54) is 5.56 Å². The van der Waals surface area contributed by atoms with Crippen molar-refractivity contribution in [3.8, 4) is 6.07 Å². The molecule has 18 heavy (non-hydrogen) atoms. The summed E-state index contributed by atoms with van der Waals surface area (Å²) in [4.78, 5) is 0. The SMILES string of the molecule is Cc1cc(C)c(C(C#N)c2cccnn2)c(C)c1. The molecule has 0 fully saturated rings. The molecule has 0 spiro atoms. The molecule has 0 aliphatic carbocycles. The van der Waals surface area contributed by atoms with Gasteiger partial charge in [-0.3, -0.25) is 0 Å². The van der Waals surface area contributed by atoms with Crippen LogP contribution in [0.4, 0.5) is 0 Å². The fraction of sp³-hybridized carbons (Fsp3) is 0.267. The summed E-state index contributed by atoms with van der Waals surface area (Å²) in [6, 6.07) is 10.2. The summed E-state index contributed by atoms with van der Waals surface area (Å²) in [7, 11) is 0. The molecule has 1 atom stereocenters. The lowest BCUT2D eigenvalue weighted by Gasteiger charge is -2.15. The van der Waals surface area contributed by atoms with Gasteiger partial charge in [-0.2, -0.15) is 15.5 Å². The highest BCUT2D eigenvalue weighted by molar-refractivity contribution is 5.46. The zero-order valence-electron chi connectivity index (χ0n) is 10.8. The summed E-state index contributed by atoms with van der Waals surface area (Å²) < 4.78 is 0. The number of benzene rings is 1. The number of aromatic nitrogens is 2. The molecule has 0 saturated carbocycles. The van der Waals surface area contributed by atoms with E-state index < -0.39 is 0 Å². The van der Waals surface area contributed by atoms with Crippen molar-refractivity contribution in [3.05, 3.63) is 58.4 Å². The van der Waals surface area contributed by atoms with Gasteiger partial charge in [0.05, 0.1) is 11.8 Å². The fourth-order valence-corrected chi connectivity index (χ4v) is 2.39. The Balaban J connectivity index is 2.57. The van der Waals surface area contributed by atoms with Gasteiger partial charge in [-0.1, -0.05) is 17.7 Å². The number of rotatable bonds is 2. The summed E-state index contributed by atoms with van der Waals surface area (Å²) >= 11 is 0. The molecule has 3 heteroatoms. The van der Waals surface area contributed by atoms with E-state index in [2.05, 4.69) is 35.3 Å². The molecule has 0 aliphatic rings. The molecule has 1 unspecified atom stereocenters. The van der Waals surface area contributed by atoms with Crippen molar-refractivity contribution < 1.29 is 0 Å². The van der Waals surface area contributed by atoms with Gasteiger partial charge in [0.2, 0.25) is 0 Å². The predicted molar refractivity (Wildman–Crippen MR) is 70.1 cm³/mol. The maximum atomic E-state index is 9.43. The van der Waals surface area contributed by atoms with E-state index in [0.717, 1.165) is 16.7 Å². The normalized spacial score (nSPS) is 11.9. The molecule has 0 saturated heterocycles. The Morgan fingerprint density at radius 3 is 2.33 bits per heavy atom. The average molecular weight is 237 g/mol. The molecule has 0 radical (unpaired) electrons. The molecule has 1 aromatic carbocycles. The summed E-state index contributed by atoms with van der Waals surface area (Å²) in [5, 5.41) is 17.3. The predicted octanol–water partition coefficient (Wildman–Crippen LogP) is 3.06. The lowest BCUT2D eigenvalue weighted by atomic mass is 9.88. The van der Waals surface area contributed by atoms with Crippen molar-refractivity contribution >= 4 is 0 Å². The monoisotopic (exact) mass is 237 g/mol. The lowest BCUT2D eigenvalue weighted by molar-refractivity contribution is 0.872. The van der Waals surface area contributed by atoms with E-state index in [9.17, 15) is 5.26 Å². The second-order valence-corrected chi connectivity index (χ2v) is 4.52. The highest BCUT2D eigenvalue weighted by atomic mass is 15.1. The van der Waals surface area contributed by atoms with Crippen molar-refractivity contribution in [2.24, 2.45) is 0 Å². The fourth-order valence-electron chi connectivity index (χ4n) is 2.39. The summed E-state index contributed by atoms with van der Waals surface area (Å²) in [5.74, 6) is -0.348. The first-order valence-corrected chi connectivity index (χ1v) is 5.88. The van der Waals surface area contributed by atoms with Gasteiger partial charge in [0.1, 0.15) is 5.92 Å². The quantitative estimate of drug-likeness (QED) is 0.806. The third kappa shape index (κ3) is 2.23. The Bertz CT molecular complexity index is 574. The molecule has 0 N–H and O–H groups in total. The number of hydrogen-bond acceptors (Lipinski definition) is 3. The van der Waals surface area contributed by atoms with Crippen molar-refractivity contribution in [3.63, 3.8) is 0 Å². The van der Waals surface area contributed by atoms with Gasteiger partial charge in [0, 0.05) is 6.20 Å². The molecule has 0 aliphatic heterocycles. The molecule has 0 amide bonds. The topological polar surface area (TPSA) is 49.6 Å². The van der Waals surface area contributed by atoms with Crippen LogP contribution >= 0.6 is 0 Å². The maximum Gasteiger partial charge on any atom is 0.116 e. The molecule has 2 aromatic rings. The third-order valence-electron chi connectivity index (χ3n) is 3.04. The molecule has 1 aromatic heterocycles. The Labute approximate surface area is 107 Å².